The van der Waals surface area contributed by atoms with Crippen molar-refractivity contribution in [1.82, 2.24) is 0 Å². The second-order valence-corrected chi connectivity index (χ2v) is 3.09. The molecule has 14 heavy (non-hydrogen) atoms. The van der Waals surface area contributed by atoms with Crippen LogP contribution >= 0.6 is 0 Å². The second kappa shape index (κ2) is 3.07. The van der Waals surface area contributed by atoms with E-state index in [2.05, 4.69) is 6.58 Å². The maximum atomic E-state index is 9.67. The molecule has 0 saturated heterocycles. The molecule has 2 nitrogen and oxygen atoms in total. The second-order valence-electron chi connectivity index (χ2n) is 3.09. The molecule has 0 fully saturated rings. The maximum absolute atomic E-state index is 9.67. The van der Waals surface area contributed by atoms with Gasteiger partial charge in [0.2, 0.25) is 0 Å². The van der Waals surface area contributed by atoms with Crippen LogP contribution in [-0.2, 0) is 0 Å². The van der Waals surface area contributed by atoms with E-state index in [4.69, 9.17) is 0 Å². The molecule has 0 amide bonds. The highest BCUT2D eigenvalue weighted by Crippen LogP contribution is 2.37. The van der Waals surface area contributed by atoms with Crippen LogP contribution in [-0.4, -0.2) is 10.2 Å². The average molecular weight is 186 g/mol. The Bertz CT molecular complexity index is 501. The fourth-order valence-corrected chi connectivity index (χ4v) is 1.49. The first kappa shape index (κ1) is 8.63. The van der Waals surface area contributed by atoms with Gasteiger partial charge in [0.25, 0.3) is 0 Å². The fraction of sp³-hybridized carbons (Fsp3) is 0. The molecule has 0 radical (unpaired) electrons. The minimum atomic E-state index is -0.112. The van der Waals surface area contributed by atoms with Crippen LogP contribution in [0, 0.1) is 0 Å². The minimum absolute atomic E-state index is 0.0852. The summed E-state index contributed by atoms with van der Waals surface area (Å²) in [6.07, 6.45) is 1.52. The molecule has 0 aliphatic carbocycles. The van der Waals surface area contributed by atoms with Crippen molar-refractivity contribution in [3.63, 3.8) is 0 Å². The Kier molecular flexibility index (Phi) is 1.89. The number of phenolic OH excluding ortho intramolecular Hbond substituents is 2. The molecule has 2 aromatic rings. The van der Waals surface area contributed by atoms with E-state index >= 15 is 0 Å². The SMILES string of the molecule is C=Cc1cc2ccccc2c(O)c1O. The first-order valence-electron chi connectivity index (χ1n) is 4.30. The van der Waals surface area contributed by atoms with Gasteiger partial charge in [-0.1, -0.05) is 36.9 Å². The Balaban J connectivity index is 2.91. The standard InChI is InChI=1S/C12H10O2/c1-2-8-7-9-5-3-4-6-10(9)12(14)11(8)13/h2-7,13-14H,1H2. The highest BCUT2D eigenvalue weighted by atomic mass is 16.3. The predicted octanol–water partition coefficient (Wildman–Crippen LogP) is 2.89. The van der Waals surface area contributed by atoms with Gasteiger partial charge in [-0.3, -0.25) is 0 Å². The Morgan fingerprint density at radius 1 is 1.07 bits per heavy atom. The molecule has 2 heteroatoms. The number of benzene rings is 2. The summed E-state index contributed by atoms with van der Waals surface area (Å²) in [4.78, 5) is 0. The van der Waals surface area contributed by atoms with Crippen molar-refractivity contribution in [2.24, 2.45) is 0 Å². The molecule has 0 atom stereocenters. The Hall–Kier alpha value is -1.96. The van der Waals surface area contributed by atoms with Gasteiger partial charge in [-0.25, -0.2) is 0 Å². The quantitative estimate of drug-likeness (QED) is 0.672. The van der Waals surface area contributed by atoms with Gasteiger partial charge in [0.05, 0.1) is 0 Å². The molecule has 0 bridgehead atoms. The zero-order valence-corrected chi connectivity index (χ0v) is 7.57. The number of fused-ring (bicyclic) bond motifs is 1. The first-order chi connectivity index (χ1) is 6.74. The average Bonchev–Trinajstić information content (AvgIpc) is 2.23. The van der Waals surface area contributed by atoms with Crippen molar-refractivity contribution in [1.29, 1.82) is 0 Å². The van der Waals surface area contributed by atoms with Crippen molar-refractivity contribution >= 4 is 16.8 Å². The molecule has 0 heterocycles. The van der Waals surface area contributed by atoms with Crippen molar-refractivity contribution in [3.8, 4) is 11.5 Å². The number of hydrogen-bond acceptors (Lipinski definition) is 2. The van der Waals surface area contributed by atoms with E-state index in [1.165, 1.54) is 6.08 Å². The maximum Gasteiger partial charge on any atom is 0.166 e. The Morgan fingerprint density at radius 3 is 2.50 bits per heavy atom. The third-order valence-electron chi connectivity index (χ3n) is 2.24. The molecule has 2 N–H and O–H groups in total. The molecular formula is C12H10O2. The molecule has 0 spiro atoms. The van der Waals surface area contributed by atoms with Crippen molar-refractivity contribution in [2.75, 3.05) is 0 Å². The highest BCUT2D eigenvalue weighted by Gasteiger charge is 2.08. The predicted molar refractivity (Wildman–Crippen MR) is 57.4 cm³/mol. The van der Waals surface area contributed by atoms with Crippen LogP contribution in [0.1, 0.15) is 5.56 Å². The normalized spacial score (nSPS) is 10.3. The third-order valence-corrected chi connectivity index (χ3v) is 2.24. The lowest BCUT2D eigenvalue weighted by atomic mass is 10.0. The van der Waals surface area contributed by atoms with Crippen LogP contribution in [0.2, 0.25) is 0 Å². The fourth-order valence-electron chi connectivity index (χ4n) is 1.49. The lowest BCUT2D eigenvalue weighted by Crippen LogP contribution is -1.79. The van der Waals surface area contributed by atoms with Gasteiger partial charge in [-0.15, -0.1) is 0 Å². The van der Waals surface area contributed by atoms with Crippen LogP contribution in [0.25, 0.3) is 16.8 Å². The summed E-state index contributed by atoms with van der Waals surface area (Å²) in [5.74, 6) is -0.197. The molecule has 0 aliphatic rings. The Morgan fingerprint density at radius 2 is 1.79 bits per heavy atom. The van der Waals surface area contributed by atoms with E-state index in [0.29, 0.717) is 10.9 Å². The molecule has 2 aromatic carbocycles. The number of hydrogen-bond donors (Lipinski definition) is 2. The van der Waals surface area contributed by atoms with E-state index in [-0.39, 0.29) is 11.5 Å². The van der Waals surface area contributed by atoms with E-state index in [1.807, 2.05) is 18.2 Å². The zero-order chi connectivity index (χ0) is 10.1. The number of rotatable bonds is 1. The van der Waals surface area contributed by atoms with Gasteiger partial charge in [0.1, 0.15) is 0 Å². The summed E-state index contributed by atoms with van der Waals surface area (Å²) in [6.45, 7) is 3.57. The smallest absolute Gasteiger partial charge is 0.166 e. The van der Waals surface area contributed by atoms with Crippen LogP contribution in [0.15, 0.2) is 36.9 Å². The van der Waals surface area contributed by atoms with Gasteiger partial charge in [0.15, 0.2) is 11.5 Å². The molecule has 70 valence electrons. The number of phenols is 2. The summed E-state index contributed by atoms with van der Waals surface area (Å²) in [6, 6.07) is 9.12. The highest BCUT2D eigenvalue weighted by molar-refractivity contribution is 5.93. The van der Waals surface area contributed by atoms with Gasteiger partial charge < -0.3 is 10.2 Å². The zero-order valence-electron chi connectivity index (χ0n) is 7.57. The molecule has 0 aromatic heterocycles. The summed E-state index contributed by atoms with van der Waals surface area (Å²) in [5.41, 5.74) is 0.543. The summed E-state index contributed by atoms with van der Waals surface area (Å²) in [7, 11) is 0. The third kappa shape index (κ3) is 1.12. The number of aromatic hydroxyl groups is 2. The summed E-state index contributed by atoms with van der Waals surface area (Å²) >= 11 is 0. The van der Waals surface area contributed by atoms with Gasteiger partial charge in [0, 0.05) is 10.9 Å². The molecule has 0 saturated carbocycles. The molecule has 0 unspecified atom stereocenters. The van der Waals surface area contributed by atoms with Crippen molar-refractivity contribution in [2.45, 2.75) is 0 Å². The van der Waals surface area contributed by atoms with E-state index in [1.54, 1.807) is 12.1 Å². The molecular weight excluding hydrogens is 176 g/mol. The van der Waals surface area contributed by atoms with Crippen molar-refractivity contribution in [3.05, 3.63) is 42.5 Å². The van der Waals surface area contributed by atoms with Gasteiger partial charge in [-0.2, -0.15) is 0 Å². The van der Waals surface area contributed by atoms with Crippen molar-refractivity contribution < 1.29 is 10.2 Å². The van der Waals surface area contributed by atoms with Gasteiger partial charge in [-0.05, 0) is 11.5 Å². The van der Waals surface area contributed by atoms with Gasteiger partial charge >= 0.3 is 0 Å². The molecule has 2 rings (SSSR count). The lowest BCUT2D eigenvalue weighted by Gasteiger charge is -2.06. The topological polar surface area (TPSA) is 40.5 Å². The minimum Gasteiger partial charge on any atom is -0.504 e. The largest absolute Gasteiger partial charge is 0.504 e. The Labute approximate surface area is 81.7 Å². The lowest BCUT2D eigenvalue weighted by molar-refractivity contribution is 0.407. The van der Waals surface area contributed by atoms with Crippen LogP contribution in [0.3, 0.4) is 0 Å². The van der Waals surface area contributed by atoms with E-state index < -0.39 is 0 Å². The van der Waals surface area contributed by atoms with E-state index in [0.717, 1.165) is 5.39 Å². The molecule has 0 aliphatic heterocycles. The summed E-state index contributed by atoms with van der Waals surface area (Å²) < 4.78 is 0. The monoisotopic (exact) mass is 186 g/mol. The van der Waals surface area contributed by atoms with Crippen LogP contribution in [0.5, 0.6) is 11.5 Å². The first-order valence-corrected chi connectivity index (χ1v) is 4.30. The van der Waals surface area contributed by atoms with Crippen LogP contribution < -0.4 is 0 Å². The summed E-state index contributed by atoms with van der Waals surface area (Å²) in [5, 5.41) is 20.8. The van der Waals surface area contributed by atoms with E-state index in [9.17, 15) is 10.2 Å². The van der Waals surface area contributed by atoms with Crippen LogP contribution in [0.4, 0.5) is 0 Å².